The highest BCUT2D eigenvalue weighted by atomic mass is 16.1. The first kappa shape index (κ1) is 14.4. The first-order valence-electron chi connectivity index (χ1n) is 8.16. The van der Waals surface area contributed by atoms with Crippen molar-refractivity contribution in [3.63, 3.8) is 0 Å². The third-order valence-electron chi connectivity index (χ3n) is 4.76. The normalized spacial score (nSPS) is 25.9. The van der Waals surface area contributed by atoms with E-state index in [-0.39, 0.29) is 17.9 Å². The molecule has 2 atom stereocenters. The third kappa shape index (κ3) is 3.21. The summed E-state index contributed by atoms with van der Waals surface area (Å²) in [6.45, 7) is 2.16. The van der Waals surface area contributed by atoms with Gasteiger partial charge in [-0.05, 0) is 37.8 Å². The monoisotopic (exact) mass is 287 g/mol. The summed E-state index contributed by atoms with van der Waals surface area (Å²) in [6, 6.07) is 8.13. The van der Waals surface area contributed by atoms with Crippen molar-refractivity contribution in [2.24, 2.45) is 11.7 Å². The molecule has 1 saturated heterocycles. The van der Waals surface area contributed by atoms with Crippen LogP contribution >= 0.6 is 0 Å². The first-order chi connectivity index (χ1) is 10.3. The smallest absolute Gasteiger partial charge is 0.229 e. The lowest BCUT2D eigenvalue weighted by molar-refractivity contribution is -0.121. The number of hydrogen-bond acceptors (Lipinski definition) is 3. The van der Waals surface area contributed by atoms with Gasteiger partial charge in [0.25, 0.3) is 0 Å². The number of nitrogens with one attached hydrogen (secondary N) is 1. The number of rotatable bonds is 3. The fourth-order valence-electron chi connectivity index (χ4n) is 3.52. The van der Waals surface area contributed by atoms with Crippen molar-refractivity contribution in [3.8, 4) is 0 Å². The molecule has 4 heteroatoms. The summed E-state index contributed by atoms with van der Waals surface area (Å²) in [5.74, 6) is 0.0548. The van der Waals surface area contributed by atoms with Gasteiger partial charge in [0.15, 0.2) is 0 Å². The molecule has 0 radical (unpaired) electrons. The number of hydrogen-bond donors (Lipinski definition) is 2. The fraction of sp³-hybridized carbons (Fsp3) is 0.588. The van der Waals surface area contributed by atoms with E-state index in [4.69, 9.17) is 5.73 Å². The molecular weight excluding hydrogens is 262 g/mol. The summed E-state index contributed by atoms with van der Waals surface area (Å²) in [6.07, 6.45) is 6.60. The Morgan fingerprint density at radius 3 is 2.57 bits per heavy atom. The zero-order valence-electron chi connectivity index (χ0n) is 12.6. The summed E-state index contributed by atoms with van der Waals surface area (Å²) in [7, 11) is 0. The molecule has 0 bridgehead atoms. The average molecular weight is 287 g/mol. The van der Waals surface area contributed by atoms with Gasteiger partial charge in [0, 0.05) is 19.1 Å². The Kier molecular flexibility index (Phi) is 4.44. The number of nitrogens with two attached hydrogens (primary N) is 1. The number of amides is 1. The Morgan fingerprint density at radius 1 is 1.10 bits per heavy atom. The minimum Gasteiger partial charge on any atom is -0.370 e. The molecule has 3 rings (SSSR count). The molecule has 1 aromatic carbocycles. The van der Waals surface area contributed by atoms with Crippen molar-refractivity contribution in [2.75, 3.05) is 23.3 Å². The van der Waals surface area contributed by atoms with E-state index < -0.39 is 0 Å². The van der Waals surface area contributed by atoms with Crippen molar-refractivity contribution in [3.05, 3.63) is 24.3 Å². The lowest BCUT2D eigenvalue weighted by Crippen LogP contribution is -2.40. The van der Waals surface area contributed by atoms with Gasteiger partial charge in [-0.15, -0.1) is 0 Å². The quantitative estimate of drug-likeness (QED) is 0.898. The maximum Gasteiger partial charge on any atom is 0.229 e. The molecule has 1 aromatic rings. The highest BCUT2D eigenvalue weighted by Gasteiger charge is 2.29. The number of para-hydroxylation sites is 2. The Bertz CT molecular complexity index is 497. The lowest BCUT2D eigenvalue weighted by Gasteiger charge is -2.28. The molecule has 1 aliphatic carbocycles. The number of benzene rings is 1. The van der Waals surface area contributed by atoms with Crippen LogP contribution in [0.1, 0.15) is 38.5 Å². The number of carbonyl (C=O) groups is 1. The number of anilines is 2. The molecule has 1 heterocycles. The molecule has 3 N–H and O–H groups in total. The van der Waals surface area contributed by atoms with Crippen LogP contribution in [0.25, 0.3) is 0 Å². The van der Waals surface area contributed by atoms with Crippen LogP contribution in [0, 0.1) is 5.92 Å². The maximum atomic E-state index is 12.5. The van der Waals surface area contributed by atoms with Gasteiger partial charge >= 0.3 is 0 Å². The maximum absolute atomic E-state index is 12.5. The van der Waals surface area contributed by atoms with Crippen LogP contribution in [-0.4, -0.2) is 25.0 Å². The second-order valence-corrected chi connectivity index (χ2v) is 6.26. The van der Waals surface area contributed by atoms with E-state index in [0.717, 1.165) is 50.1 Å². The van der Waals surface area contributed by atoms with E-state index in [9.17, 15) is 4.79 Å². The molecule has 1 saturated carbocycles. The standard InChI is InChI=1S/C17H25N3O/c18-14-8-2-1-7-13(14)17(21)19-15-9-3-4-10-16(15)20-11-5-6-12-20/h3-4,9-10,13-14H,1-2,5-8,11-12,18H2,(H,19,21). The Labute approximate surface area is 126 Å². The zero-order chi connectivity index (χ0) is 14.7. The van der Waals surface area contributed by atoms with Crippen LogP contribution in [-0.2, 0) is 4.79 Å². The summed E-state index contributed by atoms with van der Waals surface area (Å²) >= 11 is 0. The van der Waals surface area contributed by atoms with Crippen molar-refractivity contribution < 1.29 is 4.79 Å². The molecular formula is C17H25N3O. The Hall–Kier alpha value is -1.55. The van der Waals surface area contributed by atoms with E-state index in [1.807, 2.05) is 18.2 Å². The van der Waals surface area contributed by atoms with Crippen molar-refractivity contribution in [1.82, 2.24) is 0 Å². The third-order valence-corrected chi connectivity index (χ3v) is 4.76. The van der Waals surface area contributed by atoms with Crippen LogP contribution in [0.2, 0.25) is 0 Å². The summed E-state index contributed by atoms with van der Waals surface area (Å²) in [5, 5.41) is 3.13. The molecule has 2 aliphatic rings. The highest BCUT2D eigenvalue weighted by Crippen LogP contribution is 2.30. The zero-order valence-corrected chi connectivity index (χ0v) is 12.6. The molecule has 4 nitrogen and oxygen atoms in total. The van der Waals surface area contributed by atoms with Crippen LogP contribution in [0.15, 0.2) is 24.3 Å². The van der Waals surface area contributed by atoms with Gasteiger partial charge in [0.05, 0.1) is 17.3 Å². The fourth-order valence-corrected chi connectivity index (χ4v) is 3.52. The van der Waals surface area contributed by atoms with Crippen LogP contribution in [0.4, 0.5) is 11.4 Å². The largest absolute Gasteiger partial charge is 0.370 e. The van der Waals surface area contributed by atoms with Gasteiger partial charge in [-0.2, -0.15) is 0 Å². The topological polar surface area (TPSA) is 58.4 Å². The van der Waals surface area contributed by atoms with Crippen LogP contribution in [0.5, 0.6) is 0 Å². The summed E-state index contributed by atoms with van der Waals surface area (Å²) in [4.78, 5) is 14.9. The Balaban J connectivity index is 1.73. The molecule has 0 aromatic heterocycles. The minimum absolute atomic E-state index is 0.0118. The molecule has 1 amide bonds. The van der Waals surface area contributed by atoms with Crippen molar-refractivity contribution in [1.29, 1.82) is 0 Å². The summed E-state index contributed by atoms with van der Waals surface area (Å²) < 4.78 is 0. The van der Waals surface area contributed by atoms with E-state index >= 15 is 0 Å². The highest BCUT2D eigenvalue weighted by molar-refractivity contribution is 5.96. The predicted octanol–water partition coefficient (Wildman–Crippen LogP) is 2.74. The second-order valence-electron chi connectivity index (χ2n) is 6.26. The van der Waals surface area contributed by atoms with Crippen molar-refractivity contribution in [2.45, 2.75) is 44.6 Å². The number of nitrogens with zero attached hydrogens (tertiary/aromatic N) is 1. The van der Waals surface area contributed by atoms with Crippen LogP contribution in [0.3, 0.4) is 0 Å². The number of carbonyl (C=O) groups excluding carboxylic acids is 1. The van der Waals surface area contributed by atoms with Crippen molar-refractivity contribution >= 4 is 17.3 Å². The van der Waals surface area contributed by atoms with Gasteiger partial charge in [-0.3, -0.25) is 4.79 Å². The Morgan fingerprint density at radius 2 is 1.81 bits per heavy atom. The summed E-state index contributed by atoms with van der Waals surface area (Å²) in [5.41, 5.74) is 8.20. The first-order valence-corrected chi connectivity index (χ1v) is 8.16. The predicted molar refractivity (Wildman–Crippen MR) is 86.5 cm³/mol. The van der Waals surface area contributed by atoms with E-state index in [2.05, 4.69) is 16.3 Å². The van der Waals surface area contributed by atoms with E-state index in [1.54, 1.807) is 0 Å². The molecule has 1 aliphatic heterocycles. The molecule has 114 valence electrons. The van der Waals surface area contributed by atoms with Gasteiger partial charge in [-0.25, -0.2) is 0 Å². The van der Waals surface area contributed by atoms with Gasteiger partial charge in [0.1, 0.15) is 0 Å². The second kappa shape index (κ2) is 6.48. The molecule has 2 fully saturated rings. The van der Waals surface area contributed by atoms with Crippen LogP contribution < -0.4 is 16.0 Å². The van der Waals surface area contributed by atoms with E-state index in [1.165, 1.54) is 12.8 Å². The average Bonchev–Trinajstić information content (AvgIpc) is 3.02. The van der Waals surface area contributed by atoms with Gasteiger partial charge in [-0.1, -0.05) is 25.0 Å². The van der Waals surface area contributed by atoms with E-state index in [0.29, 0.717) is 0 Å². The van der Waals surface area contributed by atoms with Gasteiger partial charge < -0.3 is 16.0 Å². The molecule has 21 heavy (non-hydrogen) atoms. The molecule has 2 unspecified atom stereocenters. The lowest BCUT2D eigenvalue weighted by atomic mass is 9.84. The van der Waals surface area contributed by atoms with Gasteiger partial charge in [0.2, 0.25) is 5.91 Å². The SMILES string of the molecule is NC1CCCCC1C(=O)Nc1ccccc1N1CCCC1. The molecule has 0 spiro atoms. The minimum atomic E-state index is -0.0367.